The van der Waals surface area contributed by atoms with Gasteiger partial charge in [-0.25, -0.2) is 0 Å². The molecule has 8 heteroatoms. The second kappa shape index (κ2) is 9.45. The lowest BCUT2D eigenvalue weighted by atomic mass is 10.1. The standard InChI is InChI=1S/C22H17ClF3NO2S/c1-29-20-10-7-14(11-15(20)13-30-17-5-3-2-4-6-17)21(28)27-16-8-9-19(23)18(12-16)22(24,25)26/h2-12H,13H2,1H3,(H,27,28). The van der Waals surface area contributed by atoms with Crippen LogP contribution in [0.3, 0.4) is 0 Å². The summed E-state index contributed by atoms with van der Waals surface area (Å²) in [7, 11) is 1.54. The molecule has 0 bridgehead atoms. The first-order valence-electron chi connectivity index (χ1n) is 8.81. The average molecular weight is 452 g/mol. The number of methoxy groups -OCH3 is 1. The number of thioether (sulfide) groups is 1. The van der Waals surface area contributed by atoms with E-state index in [9.17, 15) is 18.0 Å². The summed E-state index contributed by atoms with van der Waals surface area (Å²) >= 11 is 7.21. The number of halogens is 4. The van der Waals surface area contributed by atoms with E-state index in [1.54, 1.807) is 30.0 Å². The van der Waals surface area contributed by atoms with E-state index in [2.05, 4.69) is 5.32 Å². The predicted molar refractivity (Wildman–Crippen MR) is 113 cm³/mol. The number of carbonyl (C=O) groups excluding carboxylic acids is 1. The molecule has 0 atom stereocenters. The summed E-state index contributed by atoms with van der Waals surface area (Å²) in [4.78, 5) is 13.7. The Bertz CT molecular complexity index is 1040. The Kier molecular flexibility index (Phi) is 6.95. The molecule has 0 spiro atoms. The van der Waals surface area contributed by atoms with Crippen molar-refractivity contribution in [2.45, 2.75) is 16.8 Å². The van der Waals surface area contributed by atoms with E-state index in [1.807, 2.05) is 30.3 Å². The number of alkyl halides is 3. The molecule has 156 valence electrons. The molecule has 0 fully saturated rings. The Morgan fingerprint density at radius 1 is 1.07 bits per heavy atom. The van der Waals surface area contributed by atoms with Crippen LogP contribution in [0.2, 0.25) is 5.02 Å². The number of hydrogen-bond donors (Lipinski definition) is 1. The summed E-state index contributed by atoms with van der Waals surface area (Å²) in [5.74, 6) is 0.660. The van der Waals surface area contributed by atoms with Crippen LogP contribution in [0.4, 0.5) is 18.9 Å². The van der Waals surface area contributed by atoms with Gasteiger partial charge in [0.15, 0.2) is 0 Å². The van der Waals surface area contributed by atoms with Crippen LogP contribution in [0.15, 0.2) is 71.6 Å². The second-order valence-electron chi connectivity index (χ2n) is 6.27. The van der Waals surface area contributed by atoms with Crippen LogP contribution in [0.25, 0.3) is 0 Å². The van der Waals surface area contributed by atoms with Gasteiger partial charge in [0.25, 0.3) is 5.91 Å². The zero-order chi connectivity index (χ0) is 21.7. The highest BCUT2D eigenvalue weighted by molar-refractivity contribution is 7.98. The van der Waals surface area contributed by atoms with Crippen molar-refractivity contribution >= 4 is 35.0 Å². The molecular weight excluding hydrogens is 435 g/mol. The molecular formula is C22H17ClF3NO2S. The van der Waals surface area contributed by atoms with Crippen molar-refractivity contribution in [2.75, 3.05) is 12.4 Å². The highest BCUT2D eigenvalue weighted by Crippen LogP contribution is 2.36. The summed E-state index contributed by atoms with van der Waals surface area (Å²) in [5, 5.41) is 2.07. The Labute approximate surface area is 181 Å². The Hall–Kier alpha value is -2.64. The van der Waals surface area contributed by atoms with Crippen molar-refractivity contribution in [1.82, 2.24) is 0 Å². The summed E-state index contributed by atoms with van der Waals surface area (Å²) in [5.41, 5.74) is 0.110. The third kappa shape index (κ3) is 5.49. The molecule has 0 aliphatic carbocycles. The van der Waals surface area contributed by atoms with Crippen LogP contribution < -0.4 is 10.1 Å². The van der Waals surface area contributed by atoms with Crippen molar-refractivity contribution in [2.24, 2.45) is 0 Å². The zero-order valence-electron chi connectivity index (χ0n) is 15.8. The van der Waals surface area contributed by atoms with Gasteiger partial charge in [0.2, 0.25) is 0 Å². The van der Waals surface area contributed by atoms with Crippen LogP contribution in [0, 0.1) is 0 Å². The molecule has 3 aromatic carbocycles. The maximum absolute atomic E-state index is 13.0. The molecule has 30 heavy (non-hydrogen) atoms. The quantitative estimate of drug-likeness (QED) is 0.414. The van der Waals surface area contributed by atoms with Gasteiger partial charge >= 0.3 is 6.18 Å². The van der Waals surface area contributed by atoms with Crippen LogP contribution in [0.1, 0.15) is 21.5 Å². The topological polar surface area (TPSA) is 38.3 Å². The number of ether oxygens (including phenoxy) is 1. The van der Waals surface area contributed by atoms with Gasteiger partial charge in [-0.15, -0.1) is 11.8 Å². The van der Waals surface area contributed by atoms with Gasteiger partial charge in [0, 0.05) is 27.5 Å². The lowest BCUT2D eigenvalue weighted by Gasteiger charge is -2.13. The summed E-state index contributed by atoms with van der Waals surface area (Å²) < 4.78 is 44.5. The molecule has 3 aromatic rings. The number of anilines is 1. The normalized spacial score (nSPS) is 11.2. The van der Waals surface area contributed by atoms with Crippen molar-refractivity contribution in [1.29, 1.82) is 0 Å². The van der Waals surface area contributed by atoms with Crippen LogP contribution >= 0.6 is 23.4 Å². The van der Waals surface area contributed by atoms with Crippen molar-refractivity contribution in [3.05, 3.63) is 88.4 Å². The minimum atomic E-state index is -4.61. The zero-order valence-corrected chi connectivity index (χ0v) is 17.4. The highest BCUT2D eigenvalue weighted by Gasteiger charge is 2.33. The highest BCUT2D eigenvalue weighted by atomic mass is 35.5. The fourth-order valence-electron chi connectivity index (χ4n) is 2.73. The van der Waals surface area contributed by atoms with Crippen molar-refractivity contribution < 1.29 is 22.7 Å². The molecule has 0 aliphatic rings. The van der Waals surface area contributed by atoms with Gasteiger partial charge in [-0.2, -0.15) is 13.2 Å². The number of benzene rings is 3. The molecule has 0 aromatic heterocycles. The maximum Gasteiger partial charge on any atom is 0.417 e. The van der Waals surface area contributed by atoms with E-state index >= 15 is 0 Å². The third-order valence-corrected chi connectivity index (χ3v) is 5.60. The van der Waals surface area contributed by atoms with Gasteiger partial charge in [-0.3, -0.25) is 4.79 Å². The van der Waals surface area contributed by atoms with Crippen LogP contribution in [-0.4, -0.2) is 13.0 Å². The minimum absolute atomic E-state index is 0.00718. The number of hydrogen-bond acceptors (Lipinski definition) is 3. The molecule has 0 saturated carbocycles. The number of amides is 1. The van der Waals surface area contributed by atoms with Gasteiger partial charge in [0.05, 0.1) is 17.7 Å². The van der Waals surface area contributed by atoms with Crippen molar-refractivity contribution in [3.8, 4) is 5.75 Å². The van der Waals surface area contributed by atoms with Gasteiger partial charge in [-0.1, -0.05) is 29.8 Å². The molecule has 1 N–H and O–H groups in total. The lowest BCUT2D eigenvalue weighted by Crippen LogP contribution is -2.14. The summed E-state index contributed by atoms with van der Waals surface area (Å²) in [6.45, 7) is 0. The van der Waals surface area contributed by atoms with E-state index in [1.165, 1.54) is 13.2 Å². The molecule has 0 heterocycles. The van der Waals surface area contributed by atoms with E-state index in [4.69, 9.17) is 16.3 Å². The fourth-order valence-corrected chi connectivity index (χ4v) is 3.86. The van der Waals surface area contributed by atoms with Gasteiger partial charge < -0.3 is 10.1 Å². The van der Waals surface area contributed by atoms with E-state index in [-0.39, 0.29) is 5.69 Å². The first-order valence-corrected chi connectivity index (χ1v) is 10.2. The Morgan fingerprint density at radius 3 is 2.47 bits per heavy atom. The van der Waals surface area contributed by atoms with Gasteiger partial charge in [-0.05, 0) is 48.5 Å². The SMILES string of the molecule is COc1ccc(C(=O)Nc2ccc(Cl)c(C(F)(F)F)c2)cc1CSc1ccccc1. The molecule has 3 rings (SSSR count). The predicted octanol–water partition coefficient (Wildman–Crippen LogP) is 6.91. The van der Waals surface area contributed by atoms with Crippen molar-refractivity contribution in [3.63, 3.8) is 0 Å². The number of rotatable bonds is 6. The number of nitrogens with one attached hydrogen (secondary N) is 1. The Morgan fingerprint density at radius 2 is 1.80 bits per heavy atom. The summed E-state index contributed by atoms with van der Waals surface area (Å²) in [6, 6.07) is 17.9. The Balaban J connectivity index is 1.79. The average Bonchev–Trinajstić information content (AvgIpc) is 2.73. The van der Waals surface area contributed by atoms with E-state index < -0.39 is 22.7 Å². The first kappa shape index (κ1) is 22.1. The number of carbonyl (C=O) groups is 1. The van der Waals surface area contributed by atoms with E-state index in [0.717, 1.165) is 22.6 Å². The third-order valence-electron chi connectivity index (χ3n) is 4.21. The van der Waals surface area contributed by atoms with Crippen LogP contribution in [-0.2, 0) is 11.9 Å². The molecule has 0 radical (unpaired) electrons. The minimum Gasteiger partial charge on any atom is -0.496 e. The molecule has 0 unspecified atom stereocenters. The van der Waals surface area contributed by atoms with Gasteiger partial charge in [0.1, 0.15) is 5.75 Å². The lowest BCUT2D eigenvalue weighted by molar-refractivity contribution is -0.137. The first-order chi connectivity index (χ1) is 14.3. The smallest absolute Gasteiger partial charge is 0.417 e. The fraction of sp³-hybridized carbons (Fsp3) is 0.136. The monoisotopic (exact) mass is 451 g/mol. The maximum atomic E-state index is 13.0. The molecule has 1 amide bonds. The largest absolute Gasteiger partial charge is 0.496 e. The summed E-state index contributed by atoms with van der Waals surface area (Å²) in [6.07, 6.45) is -4.61. The van der Waals surface area contributed by atoms with Crippen LogP contribution in [0.5, 0.6) is 5.75 Å². The second-order valence-corrected chi connectivity index (χ2v) is 7.73. The molecule has 0 aliphatic heterocycles. The molecule has 0 saturated heterocycles. The van der Waals surface area contributed by atoms with E-state index in [0.29, 0.717) is 17.1 Å². The molecule has 3 nitrogen and oxygen atoms in total.